The van der Waals surface area contributed by atoms with E-state index in [1.807, 2.05) is 0 Å². The molecular weight excluding hydrogens is 218 g/mol. The Hall–Kier alpha value is -0.820. The first kappa shape index (κ1) is 11.7. The zero-order valence-electron chi connectivity index (χ0n) is 9.70. The number of hydrogen-bond acceptors (Lipinski definition) is 1. The molecule has 1 saturated carbocycles. The zero-order chi connectivity index (χ0) is 10.3. The highest BCUT2D eigenvalue weighted by molar-refractivity contribution is 6.01. The first-order chi connectivity index (χ1) is 7.29. The summed E-state index contributed by atoms with van der Waals surface area (Å²) < 4.78 is 0. The maximum Gasteiger partial charge on any atom is 0.0652 e. The Morgan fingerprint density at radius 2 is 1.81 bits per heavy atom. The molecule has 16 heavy (non-hydrogen) atoms. The molecule has 86 valence electrons. The summed E-state index contributed by atoms with van der Waals surface area (Å²) in [6, 6.07) is 8.74. The van der Waals surface area contributed by atoms with Crippen LogP contribution in [-0.2, 0) is 6.42 Å². The van der Waals surface area contributed by atoms with Crippen LogP contribution in [0, 0.1) is 0 Å². The number of fused-ring (bicyclic) bond motifs is 1. The van der Waals surface area contributed by atoms with Crippen LogP contribution in [0.15, 0.2) is 29.3 Å². The average Bonchev–Trinajstić information content (AvgIpc) is 2.66. The Morgan fingerprint density at radius 1 is 1.12 bits per heavy atom. The van der Waals surface area contributed by atoms with Crippen molar-refractivity contribution in [3.8, 4) is 0 Å². The van der Waals surface area contributed by atoms with Crippen molar-refractivity contribution in [2.45, 2.75) is 44.6 Å². The normalized spacial score (nSPS) is 21.2. The minimum atomic E-state index is 0. The quantitative estimate of drug-likeness (QED) is 0.649. The van der Waals surface area contributed by atoms with Gasteiger partial charge in [0.05, 0.1) is 5.54 Å². The van der Waals surface area contributed by atoms with Crippen molar-refractivity contribution in [2.24, 2.45) is 4.99 Å². The van der Waals surface area contributed by atoms with Gasteiger partial charge in [-0.2, -0.15) is 0 Å². The molecule has 1 aliphatic heterocycles. The Labute approximate surface area is 103 Å². The minimum Gasteiger partial charge on any atom is -0.282 e. The monoisotopic (exact) mass is 235 g/mol. The van der Waals surface area contributed by atoms with Crippen molar-refractivity contribution in [2.75, 3.05) is 0 Å². The molecular formula is C14H18ClN. The number of benzene rings is 1. The maximum absolute atomic E-state index is 4.97. The molecule has 1 aromatic carbocycles. The van der Waals surface area contributed by atoms with E-state index in [-0.39, 0.29) is 17.9 Å². The van der Waals surface area contributed by atoms with Gasteiger partial charge in [-0.25, -0.2) is 0 Å². The Balaban J connectivity index is 0.000000963. The van der Waals surface area contributed by atoms with Crippen LogP contribution in [0.3, 0.4) is 0 Å². The van der Waals surface area contributed by atoms with E-state index in [1.165, 1.54) is 48.9 Å². The molecule has 3 rings (SSSR count). The van der Waals surface area contributed by atoms with Gasteiger partial charge in [0.2, 0.25) is 0 Å². The van der Waals surface area contributed by atoms with Crippen LogP contribution in [0.4, 0.5) is 0 Å². The fourth-order valence-electron chi connectivity index (χ4n) is 3.16. The van der Waals surface area contributed by atoms with Crippen LogP contribution in [-0.4, -0.2) is 11.3 Å². The summed E-state index contributed by atoms with van der Waals surface area (Å²) in [5.74, 6) is 0. The molecule has 2 heteroatoms. The van der Waals surface area contributed by atoms with Crippen molar-refractivity contribution < 1.29 is 0 Å². The van der Waals surface area contributed by atoms with E-state index in [9.17, 15) is 0 Å². The molecule has 0 aromatic heterocycles. The lowest BCUT2D eigenvalue weighted by Crippen LogP contribution is -2.31. The van der Waals surface area contributed by atoms with E-state index in [0.29, 0.717) is 0 Å². The lowest BCUT2D eigenvalue weighted by Gasteiger charge is -2.31. The highest BCUT2D eigenvalue weighted by Gasteiger charge is 2.36. The molecule has 1 fully saturated rings. The molecule has 1 spiro atoms. The van der Waals surface area contributed by atoms with Crippen LogP contribution < -0.4 is 0 Å². The van der Waals surface area contributed by atoms with Gasteiger partial charge in [0.15, 0.2) is 0 Å². The summed E-state index contributed by atoms with van der Waals surface area (Å²) in [4.78, 5) is 4.97. The third kappa shape index (κ3) is 1.78. The number of halogens is 1. The van der Waals surface area contributed by atoms with Gasteiger partial charge in [-0.15, -0.1) is 12.4 Å². The lowest BCUT2D eigenvalue weighted by molar-refractivity contribution is 0.434. The molecule has 2 aliphatic rings. The summed E-state index contributed by atoms with van der Waals surface area (Å²) in [7, 11) is 0. The Morgan fingerprint density at radius 3 is 2.56 bits per heavy atom. The highest BCUT2D eigenvalue weighted by atomic mass is 35.5. The lowest BCUT2D eigenvalue weighted by atomic mass is 9.83. The summed E-state index contributed by atoms with van der Waals surface area (Å²) in [5.41, 5.74) is 4.40. The van der Waals surface area contributed by atoms with E-state index in [0.717, 1.165) is 0 Å². The van der Waals surface area contributed by atoms with Crippen molar-refractivity contribution in [3.63, 3.8) is 0 Å². The van der Waals surface area contributed by atoms with Crippen LogP contribution in [0.5, 0.6) is 0 Å². The predicted octanol–water partition coefficient (Wildman–Crippen LogP) is 3.79. The van der Waals surface area contributed by atoms with E-state index < -0.39 is 0 Å². The van der Waals surface area contributed by atoms with E-state index in [1.54, 1.807) is 0 Å². The van der Waals surface area contributed by atoms with E-state index >= 15 is 0 Å². The summed E-state index contributed by atoms with van der Waals surface area (Å²) >= 11 is 0. The standard InChI is InChI=1S/C14H17N.ClH/c1-11-13-7-3-2-6-12(13)10-14(15-11)8-4-5-9-14;/h2-3,6-7H,4-5,8-10H2,1H3;1H. The van der Waals surface area contributed by atoms with Crippen LogP contribution in [0.2, 0.25) is 0 Å². The molecule has 1 aromatic rings. The SMILES string of the molecule is CC1=NC2(CCCC2)Cc2ccccc21.Cl. The molecule has 1 nitrogen and oxygen atoms in total. The topological polar surface area (TPSA) is 12.4 Å². The average molecular weight is 236 g/mol. The Bertz CT molecular complexity index is 416. The van der Waals surface area contributed by atoms with Gasteiger partial charge in [-0.05, 0) is 37.3 Å². The largest absolute Gasteiger partial charge is 0.282 e. The van der Waals surface area contributed by atoms with Gasteiger partial charge in [0.1, 0.15) is 0 Å². The summed E-state index contributed by atoms with van der Waals surface area (Å²) in [6.07, 6.45) is 6.47. The second-order valence-electron chi connectivity index (χ2n) is 4.96. The number of nitrogens with zero attached hydrogens (tertiary/aromatic N) is 1. The molecule has 0 saturated heterocycles. The third-order valence-corrected chi connectivity index (χ3v) is 3.87. The van der Waals surface area contributed by atoms with Crippen molar-refractivity contribution >= 4 is 18.1 Å². The molecule has 0 radical (unpaired) electrons. The second-order valence-corrected chi connectivity index (χ2v) is 4.96. The molecule has 1 aliphatic carbocycles. The van der Waals surface area contributed by atoms with Gasteiger partial charge in [0.25, 0.3) is 0 Å². The second kappa shape index (κ2) is 4.21. The summed E-state index contributed by atoms with van der Waals surface area (Å²) in [6.45, 7) is 2.16. The highest BCUT2D eigenvalue weighted by Crippen LogP contribution is 2.39. The van der Waals surface area contributed by atoms with Crippen LogP contribution >= 0.6 is 12.4 Å². The number of rotatable bonds is 0. The first-order valence-electron chi connectivity index (χ1n) is 5.94. The number of aliphatic imine (C=N–C) groups is 1. The van der Waals surface area contributed by atoms with E-state index in [4.69, 9.17) is 4.99 Å². The van der Waals surface area contributed by atoms with Crippen molar-refractivity contribution in [3.05, 3.63) is 35.4 Å². The fourth-order valence-corrected chi connectivity index (χ4v) is 3.16. The van der Waals surface area contributed by atoms with E-state index in [2.05, 4.69) is 31.2 Å². The van der Waals surface area contributed by atoms with Crippen molar-refractivity contribution in [1.29, 1.82) is 0 Å². The zero-order valence-corrected chi connectivity index (χ0v) is 10.5. The fraction of sp³-hybridized carbons (Fsp3) is 0.500. The smallest absolute Gasteiger partial charge is 0.0652 e. The van der Waals surface area contributed by atoms with Gasteiger partial charge >= 0.3 is 0 Å². The van der Waals surface area contributed by atoms with Gasteiger partial charge in [-0.1, -0.05) is 37.1 Å². The predicted molar refractivity (Wildman–Crippen MR) is 70.8 cm³/mol. The number of hydrogen-bond donors (Lipinski definition) is 0. The molecule has 0 N–H and O–H groups in total. The first-order valence-corrected chi connectivity index (χ1v) is 5.94. The van der Waals surface area contributed by atoms with Gasteiger partial charge < -0.3 is 0 Å². The van der Waals surface area contributed by atoms with Gasteiger partial charge in [-0.3, -0.25) is 4.99 Å². The molecule has 1 heterocycles. The third-order valence-electron chi connectivity index (χ3n) is 3.87. The van der Waals surface area contributed by atoms with Crippen molar-refractivity contribution in [1.82, 2.24) is 0 Å². The van der Waals surface area contributed by atoms with Gasteiger partial charge in [0, 0.05) is 5.71 Å². The van der Waals surface area contributed by atoms with Crippen LogP contribution in [0.1, 0.15) is 43.7 Å². The maximum atomic E-state index is 4.97. The molecule has 0 atom stereocenters. The molecule has 0 unspecified atom stereocenters. The summed E-state index contributed by atoms with van der Waals surface area (Å²) in [5, 5.41) is 0. The minimum absolute atomic E-state index is 0. The van der Waals surface area contributed by atoms with Crippen LogP contribution in [0.25, 0.3) is 0 Å². The molecule has 0 bridgehead atoms. The Kier molecular flexibility index (Phi) is 3.07. The molecule has 0 amide bonds.